The molecule has 1 atom stereocenters. The van der Waals surface area contributed by atoms with Gasteiger partial charge in [0.15, 0.2) is 0 Å². The van der Waals surface area contributed by atoms with Crippen LogP contribution in [-0.2, 0) is 32.6 Å². The van der Waals surface area contributed by atoms with Crippen molar-refractivity contribution in [2.24, 2.45) is 0 Å². The number of nitrogens with zero attached hydrogens (tertiary/aromatic N) is 2. The Kier molecular flexibility index (Phi) is 10.6. The fourth-order valence-corrected chi connectivity index (χ4v) is 5.40. The molecule has 0 radical (unpaired) electrons. The molecule has 3 rings (SSSR count). The van der Waals surface area contributed by atoms with Gasteiger partial charge in [0.25, 0.3) is 0 Å². The lowest BCUT2D eigenvalue weighted by atomic mass is 10.0. The maximum Gasteiger partial charge on any atom is 0.244 e. The van der Waals surface area contributed by atoms with E-state index in [0.29, 0.717) is 11.4 Å². The summed E-state index contributed by atoms with van der Waals surface area (Å²) in [6.07, 6.45) is 1.32. The number of carbonyl (C=O) groups excluding carboxylic acids is 2. The van der Waals surface area contributed by atoms with Crippen LogP contribution in [0.1, 0.15) is 31.9 Å². The van der Waals surface area contributed by atoms with Crippen molar-refractivity contribution in [2.45, 2.75) is 45.3 Å². The maximum absolute atomic E-state index is 14.1. The molecule has 0 heterocycles. The Labute approximate surface area is 250 Å². The molecule has 0 bridgehead atoms. The molecule has 40 heavy (non-hydrogen) atoms. The highest BCUT2D eigenvalue weighted by Crippen LogP contribution is 2.23. The van der Waals surface area contributed by atoms with Crippen LogP contribution in [0.25, 0.3) is 0 Å². The number of hydrogen-bond donors (Lipinski definition) is 1. The van der Waals surface area contributed by atoms with E-state index in [9.17, 15) is 18.0 Å². The standard InChI is InChI=1S/C30H36IN3O5S/c1-30(2,3)32-29(36)27(19-22-10-7-6-8-11-22)33(20-23-12-9-13-26(18-23)39-4)28(35)21-34(40(5,37)38)25-16-14-24(31)15-17-25/h6-18,27H,19-21H2,1-5H3,(H,32,36)/t27-/m1/s1. The van der Waals surface area contributed by atoms with Crippen molar-refractivity contribution in [3.05, 3.63) is 93.6 Å². The zero-order valence-electron chi connectivity index (χ0n) is 23.4. The molecular weight excluding hydrogens is 641 g/mol. The average molecular weight is 678 g/mol. The molecule has 0 aliphatic heterocycles. The molecule has 1 N–H and O–H groups in total. The minimum Gasteiger partial charge on any atom is -0.497 e. The number of benzene rings is 3. The minimum absolute atomic E-state index is 0.0788. The molecule has 2 amide bonds. The second-order valence-corrected chi connectivity index (χ2v) is 13.7. The number of nitrogens with one attached hydrogen (secondary N) is 1. The van der Waals surface area contributed by atoms with Gasteiger partial charge >= 0.3 is 0 Å². The second kappa shape index (κ2) is 13.5. The van der Waals surface area contributed by atoms with E-state index >= 15 is 0 Å². The average Bonchev–Trinajstić information content (AvgIpc) is 2.89. The van der Waals surface area contributed by atoms with Crippen molar-refractivity contribution in [3.8, 4) is 5.75 Å². The molecule has 0 saturated heterocycles. The first-order chi connectivity index (χ1) is 18.8. The second-order valence-electron chi connectivity index (χ2n) is 10.6. The first-order valence-corrected chi connectivity index (χ1v) is 15.7. The van der Waals surface area contributed by atoms with Gasteiger partial charge in [-0.2, -0.15) is 0 Å². The number of rotatable bonds is 11. The third-order valence-electron chi connectivity index (χ3n) is 6.05. The summed E-state index contributed by atoms with van der Waals surface area (Å²) in [6, 6.07) is 22.7. The molecule has 10 heteroatoms. The molecule has 3 aromatic carbocycles. The predicted molar refractivity (Wildman–Crippen MR) is 167 cm³/mol. The van der Waals surface area contributed by atoms with Crippen molar-refractivity contribution < 1.29 is 22.7 Å². The summed E-state index contributed by atoms with van der Waals surface area (Å²) in [5.41, 5.74) is 1.44. The Morgan fingerprint density at radius 2 is 1.57 bits per heavy atom. The van der Waals surface area contributed by atoms with Gasteiger partial charge in [-0.25, -0.2) is 8.42 Å². The third kappa shape index (κ3) is 9.22. The number of anilines is 1. The molecule has 214 valence electrons. The van der Waals surface area contributed by atoms with E-state index in [1.54, 1.807) is 43.5 Å². The summed E-state index contributed by atoms with van der Waals surface area (Å²) >= 11 is 2.13. The van der Waals surface area contributed by atoms with Gasteiger partial charge in [0.2, 0.25) is 21.8 Å². The van der Waals surface area contributed by atoms with E-state index in [1.807, 2.05) is 63.2 Å². The zero-order valence-corrected chi connectivity index (χ0v) is 26.4. The SMILES string of the molecule is COc1cccc(CN(C(=O)CN(c2ccc(I)cc2)S(C)(=O)=O)[C@H](Cc2ccccc2)C(=O)NC(C)(C)C)c1. The van der Waals surface area contributed by atoms with Crippen LogP contribution >= 0.6 is 22.6 Å². The largest absolute Gasteiger partial charge is 0.497 e. The lowest BCUT2D eigenvalue weighted by Gasteiger charge is -2.35. The topological polar surface area (TPSA) is 96.0 Å². The normalized spacial score (nSPS) is 12.3. The molecule has 0 saturated carbocycles. The zero-order chi connectivity index (χ0) is 29.5. The Morgan fingerprint density at radius 3 is 2.15 bits per heavy atom. The summed E-state index contributed by atoms with van der Waals surface area (Å²) in [5, 5.41) is 3.01. The van der Waals surface area contributed by atoms with Gasteiger partial charge in [-0.15, -0.1) is 0 Å². The molecule has 8 nitrogen and oxygen atoms in total. The van der Waals surface area contributed by atoms with E-state index in [0.717, 1.165) is 25.3 Å². The van der Waals surface area contributed by atoms with E-state index in [4.69, 9.17) is 4.74 Å². The Morgan fingerprint density at radius 1 is 0.950 bits per heavy atom. The number of ether oxygens (including phenoxy) is 1. The van der Waals surface area contributed by atoms with E-state index < -0.39 is 34.1 Å². The minimum atomic E-state index is -3.81. The van der Waals surface area contributed by atoms with Gasteiger partial charge in [-0.05, 0) is 90.9 Å². The van der Waals surface area contributed by atoms with Gasteiger partial charge in [-0.1, -0.05) is 42.5 Å². The summed E-state index contributed by atoms with van der Waals surface area (Å²) < 4.78 is 33.1. The number of carbonyl (C=O) groups is 2. The van der Waals surface area contributed by atoms with Gasteiger partial charge in [0.1, 0.15) is 18.3 Å². The summed E-state index contributed by atoms with van der Waals surface area (Å²) in [6.45, 7) is 5.25. The lowest BCUT2D eigenvalue weighted by Crippen LogP contribution is -2.56. The van der Waals surface area contributed by atoms with Crippen molar-refractivity contribution in [1.29, 1.82) is 0 Å². The Bertz CT molecular complexity index is 1410. The predicted octanol–water partition coefficient (Wildman–Crippen LogP) is 4.62. The number of methoxy groups -OCH3 is 1. The van der Waals surface area contributed by atoms with Crippen molar-refractivity contribution in [3.63, 3.8) is 0 Å². The molecular formula is C30H36IN3O5S. The molecule has 0 unspecified atom stereocenters. The number of hydrogen-bond acceptors (Lipinski definition) is 5. The summed E-state index contributed by atoms with van der Waals surface area (Å²) in [7, 11) is -2.26. The van der Waals surface area contributed by atoms with Crippen LogP contribution in [0, 0.1) is 3.57 Å². The number of sulfonamides is 1. The van der Waals surface area contributed by atoms with Gasteiger partial charge in [0, 0.05) is 22.1 Å². The van der Waals surface area contributed by atoms with Gasteiger partial charge < -0.3 is 15.0 Å². The van der Waals surface area contributed by atoms with Gasteiger partial charge in [-0.3, -0.25) is 13.9 Å². The fourth-order valence-electron chi connectivity index (χ4n) is 4.20. The van der Waals surface area contributed by atoms with E-state index in [2.05, 4.69) is 27.9 Å². The highest BCUT2D eigenvalue weighted by atomic mass is 127. The molecule has 0 aromatic heterocycles. The fraction of sp³-hybridized carbons (Fsp3) is 0.333. The van der Waals surface area contributed by atoms with Crippen LogP contribution in [0.5, 0.6) is 5.75 Å². The smallest absolute Gasteiger partial charge is 0.244 e. The first-order valence-electron chi connectivity index (χ1n) is 12.8. The van der Waals surface area contributed by atoms with Crippen LogP contribution in [0.3, 0.4) is 0 Å². The van der Waals surface area contributed by atoms with Crippen molar-refractivity contribution in [2.75, 3.05) is 24.2 Å². The molecule has 0 aliphatic carbocycles. The highest BCUT2D eigenvalue weighted by Gasteiger charge is 2.34. The number of halogens is 1. The van der Waals surface area contributed by atoms with Gasteiger partial charge in [0.05, 0.1) is 19.1 Å². The quantitative estimate of drug-likeness (QED) is 0.299. The Hall–Kier alpha value is -3.12. The van der Waals surface area contributed by atoms with Crippen LogP contribution in [-0.4, -0.2) is 56.6 Å². The van der Waals surface area contributed by atoms with E-state index in [-0.39, 0.29) is 18.9 Å². The third-order valence-corrected chi connectivity index (χ3v) is 7.91. The van der Waals surface area contributed by atoms with Crippen LogP contribution in [0.2, 0.25) is 0 Å². The molecule has 0 aliphatic rings. The first kappa shape index (κ1) is 31.4. The Balaban J connectivity index is 2.08. The van der Waals surface area contributed by atoms with Crippen LogP contribution < -0.4 is 14.4 Å². The van der Waals surface area contributed by atoms with Crippen molar-refractivity contribution in [1.82, 2.24) is 10.2 Å². The number of amides is 2. The summed E-state index contributed by atoms with van der Waals surface area (Å²) in [5.74, 6) is -0.218. The monoisotopic (exact) mass is 677 g/mol. The molecule has 0 fully saturated rings. The lowest BCUT2D eigenvalue weighted by molar-refractivity contribution is -0.140. The summed E-state index contributed by atoms with van der Waals surface area (Å²) in [4.78, 5) is 29.3. The highest BCUT2D eigenvalue weighted by molar-refractivity contribution is 14.1. The van der Waals surface area contributed by atoms with E-state index in [1.165, 1.54) is 4.90 Å². The molecule has 0 spiro atoms. The van der Waals surface area contributed by atoms with Crippen molar-refractivity contribution >= 4 is 50.1 Å². The maximum atomic E-state index is 14.1. The van der Waals surface area contributed by atoms with Crippen LogP contribution in [0.15, 0.2) is 78.9 Å². The van der Waals surface area contributed by atoms with Crippen LogP contribution in [0.4, 0.5) is 5.69 Å². The molecule has 3 aromatic rings.